The highest BCUT2D eigenvalue weighted by Crippen LogP contribution is 2.22. The van der Waals surface area contributed by atoms with E-state index >= 15 is 0 Å². The molecule has 1 atom stereocenters. The van der Waals surface area contributed by atoms with Crippen molar-refractivity contribution in [1.82, 2.24) is 20.9 Å². The Labute approximate surface area is 256 Å². The standard InChI is InChI=1S/C36H46N4O3/c41-34(19-10-23-37-35(42)32-16-8-3-9-17-32)39-33(36(43)38-24-20-29-12-4-1-5-13-29)18-11-25-40-26-21-31(22-27-40)28-30-14-6-2-7-15-30/h1-9,12-17,31,33H,10-11,18-28H2,(H,37,42)(H,38,43)(H,39,41)/t33-/m0/s1. The number of nitrogens with one attached hydrogen (secondary N) is 3. The lowest BCUT2D eigenvalue weighted by Crippen LogP contribution is -2.47. The lowest BCUT2D eigenvalue weighted by molar-refractivity contribution is -0.129. The van der Waals surface area contributed by atoms with Gasteiger partial charge in [0, 0.05) is 25.1 Å². The third-order valence-electron chi connectivity index (χ3n) is 8.15. The smallest absolute Gasteiger partial charge is 0.251 e. The minimum absolute atomic E-state index is 0.136. The summed E-state index contributed by atoms with van der Waals surface area (Å²) < 4.78 is 0. The summed E-state index contributed by atoms with van der Waals surface area (Å²) in [6.07, 6.45) is 6.45. The fraction of sp³-hybridized carbons (Fsp3) is 0.417. The summed E-state index contributed by atoms with van der Waals surface area (Å²) in [4.78, 5) is 40.7. The molecule has 1 saturated heterocycles. The SMILES string of the molecule is O=C(CCCNC(=O)c1ccccc1)N[C@@H](CCCN1CCC(Cc2ccccc2)CC1)C(=O)NCCc1ccccc1. The molecule has 4 rings (SSSR count). The number of hydrogen-bond acceptors (Lipinski definition) is 4. The van der Waals surface area contributed by atoms with Crippen LogP contribution in [0.1, 0.15) is 60.0 Å². The van der Waals surface area contributed by atoms with Crippen molar-refractivity contribution in [3.8, 4) is 0 Å². The number of hydrogen-bond donors (Lipinski definition) is 3. The molecule has 3 N–H and O–H groups in total. The van der Waals surface area contributed by atoms with E-state index in [9.17, 15) is 14.4 Å². The first kappa shape index (κ1) is 32.0. The monoisotopic (exact) mass is 582 g/mol. The number of piperidine rings is 1. The molecule has 3 amide bonds. The average molecular weight is 583 g/mol. The maximum Gasteiger partial charge on any atom is 0.251 e. The molecule has 1 fully saturated rings. The molecule has 0 saturated carbocycles. The van der Waals surface area contributed by atoms with Crippen LogP contribution in [0.2, 0.25) is 0 Å². The molecule has 7 nitrogen and oxygen atoms in total. The number of rotatable bonds is 16. The lowest BCUT2D eigenvalue weighted by Gasteiger charge is -2.32. The molecule has 0 radical (unpaired) electrons. The Morgan fingerprint density at radius 2 is 1.37 bits per heavy atom. The van der Waals surface area contributed by atoms with Crippen LogP contribution in [-0.4, -0.2) is 61.4 Å². The van der Waals surface area contributed by atoms with Crippen LogP contribution in [0.3, 0.4) is 0 Å². The second kappa shape index (κ2) is 17.9. The molecular formula is C36H46N4O3. The second-order valence-electron chi connectivity index (χ2n) is 11.5. The molecule has 7 heteroatoms. The van der Waals surface area contributed by atoms with Gasteiger partial charge in [-0.05, 0) is 93.8 Å². The predicted octanol–water partition coefficient (Wildman–Crippen LogP) is 4.78. The van der Waals surface area contributed by atoms with E-state index in [1.165, 1.54) is 18.4 Å². The van der Waals surface area contributed by atoms with Gasteiger partial charge in [-0.25, -0.2) is 0 Å². The zero-order valence-electron chi connectivity index (χ0n) is 25.2. The molecule has 43 heavy (non-hydrogen) atoms. The summed E-state index contributed by atoms with van der Waals surface area (Å²) in [6, 6.07) is 29.2. The first-order valence-electron chi connectivity index (χ1n) is 15.8. The molecule has 228 valence electrons. The molecule has 1 aliphatic heterocycles. The van der Waals surface area contributed by atoms with Gasteiger partial charge >= 0.3 is 0 Å². The van der Waals surface area contributed by atoms with Crippen molar-refractivity contribution in [2.24, 2.45) is 5.92 Å². The van der Waals surface area contributed by atoms with Crippen molar-refractivity contribution in [3.05, 3.63) is 108 Å². The van der Waals surface area contributed by atoms with Gasteiger partial charge in [0.25, 0.3) is 5.91 Å². The van der Waals surface area contributed by atoms with Gasteiger partial charge in [0.15, 0.2) is 0 Å². The molecule has 0 bridgehead atoms. The Kier molecular flexibility index (Phi) is 13.3. The van der Waals surface area contributed by atoms with Crippen LogP contribution in [0.5, 0.6) is 0 Å². The van der Waals surface area contributed by atoms with Crippen molar-refractivity contribution in [3.63, 3.8) is 0 Å². The third kappa shape index (κ3) is 11.7. The van der Waals surface area contributed by atoms with Gasteiger partial charge in [-0.3, -0.25) is 14.4 Å². The number of likely N-dealkylation sites (tertiary alicyclic amines) is 1. The summed E-state index contributed by atoms with van der Waals surface area (Å²) in [5.74, 6) is 0.265. The van der Waals surface area contributed by atoms with E-state index in [0.29, 0.717) is 31.5 Å². The molecule has 3 aromatic rings. The largest absolute Gasteiger partial charge is 0.354 e. The zero-order chi connectivity index (χ0) is 30.1. The first-order chi connectivity index (χ1) is 21.1. The van der Waals surface area contributed by atoms with E-state index in [0.717, 1.165) is 50.4 Å². The van der Waals surface area contributed by atoms with Gasteiger partial charge in [-0.2, -0.15) is 0 Å². The number of carbonyl (C=O) groups excluding carboxylic acids is 3. The Morgan fingerprint density at radius 1 is 0.744 bits per heavy atom. The fourth-order valence-corrected chi connectivity index (χ4v) is 5.66. The minimum Gasteiger partial charge on any atom is -0.354 e. The molecule has 1 heterocycles. The van der Waals surface area contributed by atoms with Crippen LogP contribution in [0, 0.1) is 5.92 Å². The normalized spacial score (nSPS) is 14.5. The summed E-state index contributed by atoms with van der Waals surface area (Å²) in [6.45, 7) is 4.00. The molecule has 0 aliphatic carbocycles. The highest BCUT2D eigenvalue weighted by molar-refractivity contribution is 5.94. The van der Waals surface area contributed by atoms with Crippen LogP contribution in [0.15, 0.2) is 91.0 Å². The predicted molar refractivity (Wildman–Crippen MR) is 172 cm³/mol. The minimum atomic E-state index is -0.571. The molecule has 0 unspecified atom stereocenters. The molecule has 0 aromatic heterocycles. The maximum atomic E-state index is 13.1. The van der Waals surface area contributed by atoms with E-state index in [1.807, 2.05) is 48.5 Å². The van der Waals surface area contributed by atoms with Crippen molar-refractivity contribution in [1.29, 1.82) is 0 Å². The van der Waals surface area contributed by atoms with E-state index in [-0.39, 0.29) is 24.1 Å². The van der Waals surface area contributed by atoms with E-state index in [4.69, 9.17) is 0 Å². The summed E-state index contributed by atoms with van der Waals surface area (Å²) in [5, 5.41) is 8.86. The zero-order valence-corrected chi connectivity index (χ0v) is 25.2. The van der Waals surface area contributed by atoms with Gasteiger partial charge < -0.3 is 20.9 Å². The molecule has 3 aromatic carbocycles. The first-order valence-corrected chi connectivity index (χ1v) is 15.8. The number of nitrogens with zero attached hydrogens (tertiary/aromatic N) is 1. The number of amides is 3. The van der Waals surface area contributed by atoms with Crippen molar-refractivity contribution >= 4 is 17.7 Å². The Balaban J connectivity index is 1.19. The van der Waals surface area contributed by atoms with Crippen molar-refractivity contribution < 1.29 is 14.4 Å². The van der Waals surface area contributed by atoms with Crippen LogP contribution in [0.25, 0.3) is 0 Å². The van der Waals surface area contributed by atoms with Gasteiger partial charge in [-0.15, -0.1) is 0 Å². The highest BCUT2D eigenvalue weighted by Gasteiger charge is 2.23. The average Bonchev–Trinajstić information content (AvgIpc) is 3.04. The van der Waals surface area contributed by atoms with Gasteiger partial charge in [0.1, 0.15) is 6.04 Å². The highest BCUT2D eigenvalue weighted by atomic mass is 16.2. The maximum absolute atomic E-state index is 13.1. The van der Waals surface area contributed by atoms with Crippen molar-refractivity contribution in [2.75, 3.05) is 32.7 Å². The fourth-order valence-electron chi connectivity index (χ4n) is 5.66. The summed E-state index contributed by atoms with van der Waals surface area (Å²) in [5.41, 5.74) is 3.17. The number of carbonyl (C=O) groups is 3. The summed E-state index contributed by atoms with van der Waals surface area (Å²) >= 11 is 0. The third-order valence-corrected chi connectivity index (χ3v) is 8.15. The lowest BCUT2D eigenvalue weighted by atomic mass is 9.90. The van der Waals surface area contributed by atoms with E-state index in [1.54, 1.807) is 12.1 Å². The topological polar surface area (TPSA) is 90.5 Å². The van der Waals surface area contributed by atoms with Gasteiger partial charge in [0.2, 0.25) is 11.8 Å². The molecular weight excluding hydrogens is 536 g/mol. The van der Waals surface area contributed by atoms with Crippen LogP contribution < -0.4 is 16.0 Å². The van der Waals surface area contributed by atoms with E-state index in [2.05, 4.69) is 51.2 Å². The Morgan fingerprint density at radius 3 is 2.05 bits per heavy atom. The quantitative estimate of drug-likeness (QED) is 0.212. The Bertz CT molecular complexity index is 1250. The van der Waals surface area contributed by atoms with Crippen LogP contribution >= 0.6 is 0 Å². The van der Waals surface area contributed by atoms with Gasteiger partial charge in [-0.1, -0.05) is 78.9 Å². The Hall–Kier alpha value is -3.97. The molecule has 0 spiro atoms. The van der Waals surface area contributed by atoms with Gasteiger partial charge in [0.05, 0.1) is 0 Å². The summed E-state index contributed by atoms with van der Waals surface area (Å²) in [7, 11) is 0. The molecule has 1 aliphatic rings. The van der Waals surface area contributed by atoms with E-state index < -0.39 is 6.04 Å². The van der Waals surface area contributed by atoms with Crippen LogP contribution in [-0.2, 0) is 22.4 Å². The number of benzene rings is 3. The van der Waals surface area contributed by atoms with Crippen molar-refractivity contribution in [2.45, 2.75) is 57.4 Å². The van der Waals surface area contributed by atoms with Crippen LogP contribution in [0.4, 0.5) is 0 Å². The second-order valence-corrected chi connectivity index (χ2v) is 11.5.